The summed E-state index contributed by atoms with van der Waals surface area (Å²) in [5, 5.41) is 0. The molecule has 0 radical (unpaired) electrons. The standard InChI is InChI=1S/C9H14ClNO2/c1-6-3-8(12)11(5-6)9(13)7(2)4-10/h6-7H,3-5H2,1-2H3. The number of nitrogens with zero attached hydrogens (tertiary/aromatic N) is 1. The summed E-state index contributed by atoms with van der Waals surface area (Å²) in [5.74, 6) is 0.116. The van der Waals surface area contributed by atoms with Gasteiger partial charge < -0.3 is 0 Å². The Balaban J connectivity index is 2.62. The predicted molar refractivity (Wildman–Crippen MR) is 50.4 cm³/mol. The molecule has 2 amide bonds. The van der Waals surface area contributed by atoms with E-state index in [0.717, 1.165) is 0 Å². The van der Waals surface area contributed by atoms with Crippen molar-refractivity contribution in [2.45, 2.75) is 20.3 Å². The first kappa shape index (κ1) is 10.5. The lowest BCUT2D eigenvalue weighted by molar-refractivity contribution is -0.143. The molecule has 2 atom stereocenters. The molecule has 1 saturated heterocycles. The highest BCUT2D eigenvalue weighted by Crippen LogP contribution is 2.19. The molecule has 1 heterocycles. The number of hydrogen-bond acceptors (Lipinski definition) is 2. The Kier molecular flexibility index (Phi) is 3.31. The van der Waals surface area contributed by atoms with Crippen LogP contribution in [0, 0.1) is 11.8 Å². The molecule has 4 heteroatoms. The van der Waals surface area contributed by atoms with Crippen LogP contribution in [0.25, 0.3) is 0 Å². The summed E-state index contributed by atoms with van der Waals surface area (Å²) in [6, 6.07) is 0. The maximum atomic E-state index is 11.6. The molecule has 3 nitrogen and oxygen atoms in total. The van der Waals surface area contributed by atoms with Crippen LogP contribution in [0.3, 0.4) is 0 Å². The molecule has 0 saturated carbocycles. The Morgan fingerprint density at radius 1 is 1.77 bits per heavy atom. The second-order valence-corrected chi connectivity index (χ2v) is 4.02. The fraction of sp³-hybridized carbons (Fsp3) is 0.778. The molecule has 0 N–H and O–H groups in total. The maximum Gasteiger partial charge on any atom is 0.233 e. The molecule has 1 rings (SSSR count). The van der Waals surface area contributed by atoms with Crippen molar-refractivity contribution in [2.75, 3.05) is 12.4 Å². The Morgan fingerprint density at radius 3 is 2.77 bits per heavy atom. The molecule has 1 aliphatic rings. The molecule has 13 heavy (non-hydrogen) atoms. The molecule has 2 unspecified atom stereocenters. The monoisotopic (exact) mass is 203 g/mol. The number of amides is 2. The largest absolute Gasteiger partial charge is 0.282 e. The van der Waals surface area contributed by atoms with E-state index in [1.807, 2.05) is 6.92 Å². The minimum absolute atomic E-state index is 0.0607. The normalized spacial score (nSPS) is 25.0. The van der Waals surface area contributed by atoms with Gasteiger partial charge in [-0.3, -0.25) is 14.5 Å². The zero-order valence-corrected chi connectivity index (χ0v) is 8.67. The predicted octanol–water partition coefficient (Wildman–Crippen LogP) is 1.26. The maximum absolute atomic E-state index is 11.6. The van der Waals surface area contributed by atoms with Gasteiger partial charge in [0.2, 0.25) is 11.8 Å². The van der Waals surface area contributed by atoms with E-state index in [9.17, 15) is 9.59 Å². The molecular formula is C9H14ClNO2. The van der Waals surface area contributed by atoms with Crippen molar-refractivity contribution in [1.29, 1.82) is 0 Å². The van der Waals surface area contributed by atoms with Crippen molar-refractivity contribution >= 4 is 23.4 Å². The van der Waals surface area contributed by atoms with Crippen molar-refractivity contribution in [3.63, 3.8) is 0 Å². The molecule has 0 aromatic rings. The minimum atomic E-state index is -0.254. The van der Waals surface area contributed by atoms with E-state index in [4.69, 9.17) is 11.6 Å². The number of hydrogen-bond donors (Lipinski definition) is 0. The van der Waals surface area contributed by atoms with Gasteiger partial charge in [-0.05, 0) is 5.92 Å². The van der Waals surface area contributed by atoms with E-state index >= 15 is 0 Å². The van der Waals surface area contributed by atoms with Crippen LogP contribution in [-0.2, 0) is 9.59 Å². The third-order valence-electron chi connectivity index (χ3n) is 2.24. The highest BCUT2D eigenvalue weighted by molar-refractivity contribution is 6.19. The van der Waals surface area contributed by atoms with Crippen LogP contribution in [0.15, 0.2) is 0 Å². The lowest BCUT2D eigenvalue weighted by Gasteiger charge is -2.17. The quantitative estimate of drug-likeness (QED) is 0.634. The zero-order chi connectivity index (χ0) is 10.0. The molecule has 0 aliphatic carbocycles. The van der Waals surface area contributed by atoms with Crippen molar-refractivity contribution in [1.82, 2.24) is 4.90 Å². The first-order chi connectivity index (χ1) is 6.06. The number of alkyl halides is 1. The van der Waals surface area contributed by atoms with Gasteiger partial charge >= 0.3 is 0 Å². The summed E-state index contributed by atoms with van der Waals surface area (Å²) in [6.45, 7) is 4.26. The van der Waals surface area contributed by atoms with E-state index in [1.54, 1.807) is 6.92 Å². The average Bonchev–Trinajstić information content (AvgIpc) is 2.42. The van der Waals surface area contributed by atoms with Crippen LogP contribution in [0.2, 0.25) is 0 Å². The fourth-order valence-electron chi connectivity index (χ4n) is 1.43. The second-order valence-electron chi connectivity index (χ2n) is 3.71. The van der Waals surface area contributed by atoms with E-state index in [2.05, 4.69) is 0 Å². The van der Waals surface area contributed by atoms with Crippen LogP contribution in [0.4, 0.5) is 0 Å². The second kappa shape index (κ2) is 4.09. The van der Waals surface area contributed by atoms with Gasteiger partial charge in [0.15, 0.2) is 0 Å². The number of carbonyl (C=O) groups excluding carboxylic acids is 2. The van der Waals surface area contributed by atoms with Crippen molar-refractivity contribution < 1.29 is 9.59 Å². The lowest BCUT2D eigenvalue weighted by atomic mass is 10.1. The van der Waals surface area contributed by atoms with Crippen LogP contribution in [0.5, 0.6) is 0 Å². The fourth-order valence-corrected chi connectivity index (χ4v) is 1.56. The summed E-state index contributed by atoms with van der Waals surface area (Å²) >= 11 is 5.55. The number of halogens is 1. The van der Waals surface area contributed by atoms with Crippen LogP contribution < -0.4 is 0 Å². The smallest absolute Gasteiger partial charge is 0.233 e. The number of likely N-dealkylation sites (tertiary alicyclic amines) is 1. The minimum Gasteiger partial charge on any atom is -0.282 e. The van der Waals surface area contributed by atoms with Crippen molar-refractivity contribution in [2.24, 2.45) is 11.8 Å². The Morgan fingerprint density at radius 2 is 2.38 bits per heavy atom. The highest BCUT2D eigenvalue weighted by Gasteiger charge is 2.33. The average molecular weight is 204 g/mol. The van der Waals surface area contributed by atoms with Gasteiger partial charge in [-0.1, -0.05) is 13.8 Å². The van der Waals surface area contributed by atoms with Crippen LogP contribution >= 0.6 is 11.6 Å². The van der Waals surface area contributed by atoms with E-state index in [-0.39, 0.29) is 23.6 Å². The van der Waals surface area contributed by atoms with Gasteiger partial charge in [0.05, 0.1) is 0 Å². The van der Waals surface area contributed by atoms with Gasteiger partial charge in [-0.25, -0.2) is 0 Å². The summed E-state index contributed by atoms with van der Waals surface area (Å²) < 4.78 is 0. The van der Waals surface area contributed by atoms with Crippen molar-refractivity contribution in [3.05, 3.63) is 0 Å². The Hall–Kier alpha value is -0.570. The van der Waals surface area contributed by atoms with Gasteiger partial charge in [-0.2, -0.15) is 0 Å². The molecule has 0 aromatic heterocycles. The molecule has 0 spiro atoms. The molecule has 0 bridgehead atoms. The molecule has 74 valence electrons. The topological polar surface area (TPSA) is 37.4 Å². The van der Waals surface area contributed by atoms with Crippen LogP contribution in [0.1, 0.15) is 20.3 Å². The Bertz CT molecular complexity index is 230. The summed E-state index contributed by atoms with van der Waals surface area (Å²) in [6.07, 6.45) is 0.487. The third-order valence-corrected chi connectivity index (χ3v) is 2.70. The van der Waals surface area contributed by atoms with Gasteiger partial charge in [0.25, 0.3) is 0 Å². The van der Waals surface area contributed by atoms with E-state index in [0.29, 0.717) is 18.9 Å². The number of rotatable bonds is 2. The van der Waals surface area contributed by atoms with E-state index < -0.39 is 0 Å². The number of imide groups is 1. The third kappa shape index (κ3) is 2.21. The van der Waals surface area contributed by atoms with E-state index in [1.165, 1.54) is 4.90 Å². The Labute approximate surface area is 83.0 Å². The van der Waals surface area contributed by atoms with Crippen LogP contribution in [-0.4, -0.2) is 29.1 Å². The molecule has 0 aromatic carbocycles. The van der Waals surface area contributed by atoms with Crippen molar-refractivity contribution in [3.8, 4) is 0 Å². The molecule has 1 fully saturated rings. The molecule has 1 aliphatic heterocycles. The summed E-state index contributed by atoms with van der Waals surface area (Å²) in [7, 11) is 0. The first-order valence-electron chi connectivity index (χ1n) is 4.46. The summed E-state index contributed by atoms with van der Waals surface area (Å²) in [5.41, 5.74) is 0. The zero-order valence-electron chi connectivity index (χ0n) is 7.92. The number of carbonyl (C=O) groups is 2. The van der Waals surface area contributed by atoms with Gasteiger partial charge in [0, 0.05) is 24.8 Å². The highest BCUT2D eigenvalue weighted by atomic mass is 35.5. The van der Waals surface area contributed by atoms with Gasteiger partial charge in [0.1, 0.15) is 0 Å². The SMILES string of the molecule is CC1CC(=O)N(C(=O)C(C)CCl)C1. The molecular weight excluding hydrogens is 190 g/mol. The lowest BCUT2D eigenvalue weighted by Crippen LogP contribution is -2.36. The van der Waals surface area contributed by atoms with Gasteiger partial charge in [-0.15, -0.1) is 11.6 Å². The summed E-state index contributed by atoms with van der Waals surface area (Å²) in [4.78, 5) is 24.2. The first-order valence-corrected chi connectivity index (χ1v) is 5.00.